The van der Waals surface area contributed by atoms with Crippen LogP contribution in [0.3, 0.4) is 0 Å². The highest BCUT2D eigenvalue weighted by molar-refractivity contribution is 7.92. The molecule has 0 spiro atoms. The predicted molar refractivity (Wildman–Crippen MR) is 121 cm³/mol. The van der Waals surface area contributed by atoms with Crippen LogP contribution in [-0.4, -0.2) is 32.4 Å². The standard InChI is InChI=1S/C24H22N2O4S/c27-23(18-8-2-1-3-9-18)21-10-4-5-11-22(21)25-24(28)19-12-14-20(15-13-19)26-16-6-7-17-31(26,29)30/h1-5,8-15H,6-7,16-17H2,(H,25,28). The van der Waals surface area contributed by atoms with Gasteiger partial charge in [0, 0.05) is 23.2 Å². The molecular weight excluding hydrogens is 412 g/mol. The van der Waals surface area contributed by atoms with Crippen LogP contribution in [0.15, 0.2) is 78.9 Å². The number of hydrogen-bond acceptors (Lipinski definition) is 4. The van der Waals surface area contributed by atoms with E-state index in [0.717, 1.165) is 6.42 Å². The first kappa shape index (κ1) is 20.8. The van der Waals surface area contributed by atoms with E-state index in [2.05, 4.69) is 5.32 Å². The third kappa shape index (κ3) is 4.51. The number of para-hydroxylation sites is 1. The monoisotopic (exact) mass is 434 g/mol. The van der Waals surface area contributed by atoms with E-state index in [0.29, 0.717) is 41.0 Å². The van der Waals surface area contributed by atoms with Gasteiger partial charge >= 0.3 is 0 Å². The maximum Gasteiger partial charge on any atom is 0.255 e. The number of sulfonamides is 1. The molecular formula is C24H22N2O4S. The minimum absolute atomic E-state index is 0.140. The molecule has 0 aromatic heterocycles. The molecule has 0 radical (unpaired) electrons. The second-order valence-corrected chi connectivity index (χ2v) is 9.35. The second-order valence-electron chi connectivity index (χ2n) is 7.34. The maximum absolute atomic E-state index is 12.9. The molecule has 1 amide bonds. The van der Waals surface area contributed by atoms with Gasteiger partial charge in [-0.15, -0.1) is 0 Å². The van der Waals surface area contributed by atoms with Crippen LogP contribution in [0, 0.1) is 0 Å². The molecule has 0 atom stereocenters. The zero-order valence-electron chi connectivity index (χ0n) is 16.8. The van der Waals surface area contributed by atoms with Crippen molar-refractivity contribution in [2.75, 3.05) is 21.9 Å². The number of carbonyl (C=O) groups excluding carboxylic acids is 2. The topological polar surface area (TPSA) is 83.6 Å². The Bertz CT molecular complexity index is 1210. The normalized spacial score (nSPS) is 15.3. The first-order chi connectivity index (χ1) is 15.0. The van der Waals surface area contributed by atoms with Crippen molar-refractivity contribution in [2.45, 2.75) is 12.8 Å². The van der Waals surface area contributed by atoms with E-state index in [1.54, 1.807) is 72.8 Å². The van der Waals surface area contributed by atoms with Gasteiger partial charge in [-0.1, -0.05) is 42.5 Å². The first-order valence-electron chi connectivity index (χ1n) is 10.1. The van der Waals surface area contributed by atoms with Crippen molar-refractivity contribution in [3.05, 3.63) is 95.6 Å². The number of rotatable bonds is 5. The summed E-state index contributed by atoms with van der Waals surface area (Å²) in [7, 11) is -3.30. The van der Waals surface area contributed by atoms with Crippen molar-refractivity contribution in [3.8, 4) is 0 Å². The van der Waals surface area contributed by atoms with Crippen molar-refractivity contribution in [2.24, 2.45) is 0 Å². The highest BCUT2D eigenvalue weighted by atomic mass is 32.2. The molecule has 0 saturated carbocycles. The fourth-order valence-electron chi connectivity index (χ4n) is 3.59. The van der Waals surface area contributed by atoms with E-state index in [1.807, 2.05) is 6.07 Å². The number of amides is 1. The van der Waals surface area contributed by atoms with Crippen LogP contribution < -0.4 is 9.62 Å². The summed E-state index contributed by atoms with van der Waals surface area (Å²) in [6.45, 7) is 0.447. The summed E-state index contributed by atoms with van der Waals surface area (Å²) in [5, 5.41) is 2.80. The molecule has 0 aliphatic carbocycles. The van der Waals surface area contributed by atoms with Crippen LogP contribution >= 0.6 is 0 Å². The quantitative estimate of drug-likeness (QED) is 0.613. The number of nitrogens with zero attached hydrogens (tertiary/aromatic N) is 1. The SMILES string of the molecule is O=C(Nc1ccccc1C(=O)c1ccccc1)c1ccc(N2CCCCS2(=O)=O)cc1. The van der Waals surface area contributed by atoms with E-state index < -0.39 is 10.0 Å². The number of anilines is 2. The third-order valence-corrected chi connectivity index (χ3v) is 7.09. The summed E-state index contributed by atoms with van der Waals surface area (Å²) in [5.74, 6) is -0.412. The van der Waals surface area contributed by atoms with Gasteiger partial charge in [-0.05, 0) is 49.2 Å². The Balaban J connectivity index is 1.54. The van der Waals surface area contributed by atoms with Gasteiger partial charge in [-0.2, -0.15) is 0 Å². The molecule has 1 saturated heterocycles. The van der Waals surface area contributed by atoms with Crippen molar-refractivity contribution in [3.63, 3.8) is 0 Å². The molecule has 1 N–H and O–H groups in total. The lowest BCUT2D eigenvalue weighted by molar-refractivity contribution is 0.102. The van der Waals surface area contributed by atoms with Crippen LogP contribution in [0.2, 0.25) is 0 Å². The lowest BCUT2D eigenvalue weighted by Crippen LogP contribution is -2.37. The zero-order valence-corrected chi connectivity index (χ0v) is 17.6. The molecule has 1 fully saturated rings. The fourth-order valence-corrected chi connectivity index (χ4v) is 5.23. The lowest BCUT2D eigenvalue weighted by atomic mass is 10.0. The number of hydrogen-bond donors (Lipinski definition) is 1. The van der Waals surface area contributed by atoms with Crippen molar-refractivity contribution >= 4 is 33.1 Å². The molecule has 1 heterocycles. The summed E-state index contributed by atoms with van der Waals surface area (Å²) in [6, 6.07) is 22.2. The minimum atomic E-state index is -3.30. The maximum atomic E-state index is 12.9. The smallest absolute Gasteiger partial charge is 0.255 e. The molecule has 3 aromatic carbocycles. The fraction of sp³-hybridized carbons (Fsp3) is 0.167. The van der Waals surface area contributed by atoms with E-state index in [9.17, 15) is 18.0 Å². The Morgan fingerprint density at radius 3 is 2.16 bits per heavy atom. The molecule has 0 unspecified atom stereocenters. The highest BCUT2D eigenvalue weighted by Gasteiger charge is 2.26. The molecule has 31 heavy (non-hydrogen) atoms. The zero-order chi connectivity index (χ0) is 21.8. The highest BCUT2D eigenvalue weighted by Crippen LogP contribution is 2.25. The minimum Gasteiger partial charge on any atom is -0.321 e. The molecule has 1 aliphatic heterocycles. The van der Waals surface area contributed by atoms with E-state index >= 15 is 0 Å². The number of ketones is 1. The van der Waals surface area contributed by atoms with Gasteiger partial charge in [0.05, 0.1) is 17.1 Å². The Hall–Kier alpha value is -3.45. The van der Waals surface area contributed by atoms with Gasteiger partial charge < -0.3 is 5.32 Å². The molecule has 6 nitrogen and oxygen atoms in total. The average Bonchev–Trinajstić information content (AvgIpc) is 2.79. The summed E-state index contributed by atoms with van der Waals surface area (Å²) < 4.78 is 25.9. The van der Waals surface area contributed by atoms with Crippen molar-refractivity contribution < 1.29 is 18.0 Å². The van der Waals surface area contributed by atoms with E-state index in [1.165, 1.54) is 4.31 Å². The van der Waals surface area contributed by atoms with Crippen molar-refractivity contribution in [1.82, 2.24) is 0 Å². The van der Waals surface area contributed by atoms with Crippen LogP contribution in [0.5, 0.6) is 0 Å². The third-order valence-electron chi connectivity index (χ3n) is 5.22. The molecule has 1 aliphatic rings. The average molecular weight is 435 g/mol. The van der Waals surface area contributed by atoms with Gasteiger partial charge in [0.15, 0.2) is 5.78 Å². The van der Waals surface area contributed by atoms with Crippen LogP contribution in [0.25, 0.3) is 0 Å². The molecule has 0 bridgehead atoms. The molecule has 7 heteroatoms. The van der Waals surface area contributed by atoms with Gasteiger partial charge in [0.2, 0.25) is 10.0 Å². The van der Waals surface area contributed by atoms with Gasteiger partial charge in [-0.3, -0.25) is 13.9 Å². The lowest BCUT2D eigenvalue weighted by Gasteiger charge is -2.28. The largest absolute Gasteiger partial charge is 0.321 e. The summed E-state index contributed by atoms with van der Waals surface area (Å²) in [4.78, 5) is 25.6. The first-order valence-corrected chi connectivity index (χ1v) is 11.7. The number of carbonyl (C=O) groups is 2. The van der Waals surface area contributed by atoms with Gasteiger partial charge in [-0.25, -0.2) is 8.42 Å². The van der Waals surface area contributed by atoms with E-state index in [4.69, 9.17) is 0 Å². The predicted octanol–water partition coefficient (Wildman–Crippen LogP) is 4.10. The van der Waals surface area contributed by atoms with Gasteiger partial charge in [0.1, 0.15) is 0 Å². The van der Waals surface area contributed by atoms with Crippen molar-refractivity contribution in [1.29, 1.82) is 0 Å². The van der Waals surface area contributed by atoms with Crippen LogP contribution in [0.4, 0.5) is 11.4 Å². The van der Waals surface area contributed by atoms with Gasteiger partial charge in [0.25, 0.3) is 5.91 Å². The summed E-state index contributed by atoms with van der Waals surface area (Å²) in [5.41, 5.74) is 2.29. The van der Waals surface area contributed by atoms with Crippen LogP contribution in [0.1, 0.15) is 39.1 Å². The van der Waals surface area contributed by atoms with Crippen LogP contribution in [-0.2, 0) is 10.0 Å². The molecule has 4 rings (SSSR count). The molecule has 3 aromatic rings. The Morgan fingerprint density at radius 2 is 1.45 bits per heavy atom. The summed E-state index contributed by atoms with van der Waals surface area (Å²) >= 11 is 0. The Labute approximate surface area is 181 Å². The molecule has 158 valence electrons. The number of nitrogens with one attached hydrogen (secondary N) is 1. The van der Waals surface area contributed by atoms with E-state index in [-0.39, 0.29) is 17.4 Å². The Kier molecular flexibility index (Phi) is 5.86. The number of benzene rings is 3. The summed E-state index contributed by atoms with van der Waals surface area (Å²) in [6.07, 6.45) is 1.48. The Morgan fingerprint density at radius 1 is 0.774 bits per heavy atom. The second kappa shape index (κ2) is 8.73.